The van der Waals surface area contributed by atoms with Crippen LogP contribution >= 0.6 is 34.8 Å². The maximum absolute atomic E-state index is 14.0. The minimum atomic E-state index is -4.19. The Morgan fingerprint density at radius 3 is 2.10 bits per heavy atom. The molecule has 208 valence electrons. The van der Waals surface area contributed by atoms with Gasteiger partial charge in [-0.1, -0.05) is 71.6 Å². The lowest BCUT2D eigenvalue weighted by atomic mass is 10.1. The molecule has 0 unspecified atom stereocenters. The van der Waals surface area contributed by atoms with Crippen LogP contribution in [0.2, 0.25) is 15.1 Å². The number of anilines is 1. The Kier molecular flexibility index (Phi) is 10.7. The van der Waals surface area contributed by atoms with E-state index in [2.05, 4.69) is 5.32 Å². The Labute approximate surface area is 244 Å². The lowest BCUT2D eigenvalue weighted by Gasteiger charge is -2.33. The first kappa shape index (κ1) is 30.8. The lowest BCUT2D eigenvalue weighted by Crippen LogP contribution is -2.52. The molecule has 0 radical (unpaired) electrons. The van der Waals surface area contributed by atoms with Crippen molar-refractivity contribution in [1.82, 2.24) is 10.2 Å². The summed E-state index contributed by atoms with van der Waals surface area (Å²) in [6.45, 7) is 5.07. The molecule has 2 amide bonds. The van der Waals surface area contributed by atoms with Gasteiger partial charge in [-0.3, -0.25) is 13.9 Å². The third-order valence-electron chi connectivity index (χ3n) is 6.11. The van der Waals surface area contributed by atoms with Crippen molar-refractivity contribution in [3.05, 3.63) is 92.9 Å². The zero-order valence-electron chi connectivity index (χ0n) is 21.8. The number of benzene rings is 3. The van der Waals surface area contributed by atoms with Crippen molar-refractivity contribution >= 4 is 62.3 Å². The summed E-state index contributed by atoms with van der Waals surface area (Å²) in [4.78, 5) is 28.3. The number of nitrogens with one attached hydrogen (secondary N) is 1. The summed E-state index contributed by atoms with van der Waals surface area (Å²) in [6, 6.07) is 16.6. The molecule has 0 heterocycles. The maximum atomic E-state index is 14.0. The minimum absolute atomic E-state index is 0.0114. The molecule has 39 heavy (non-hydrogen) atoms. The summed E-state index contributed by atoms with van der Waals surface area (Å²) < 4.78 is 28.7. The van der Waals surface area contributed by atoms with Gasteiger partial charge < -0.3 is 10.2 Å². The van der Waals surface area contributed by atoms with Crippen LogP contribution in [-0.4, -0.2) is 44.3 Å². The number of nitrogens with zero attached hydrogens (tertiary/aromatic N) is 2. The summed E-state index contributed by atoms with van der Waals surface area (Å²) in [6.07, 6.45) is 0.279. The topological polar surface area (TPSA) is 86.8 Å². The van der Waals surface area contributed by atoms with Gasteiger partial charge in [-0.15, -0.1) is 0 Å². The quantitative estimate of drug-likeness (QED) is 0.285. The predicted octanol–water partition coefficient (Wildman–Crippen LogP) is 6.09. The van der Waals surface area contributed by atoms with E-state index in [1.165, 1.54) is 23.1 Å². The highest BCUT2D eigenvalue weighted by atomic mass is 35.5. The Balaban J connectivity index is 2.10. The van der Waals surface area contributed by atoms with Crippen molar-refractivity contribution in [2.45, 2.75) is 44.7 Å². The van der Waals surface area contributed by atoms with Crippen molar-refractivity contribution in [3.63, 3.8) is 0 Å². The van der Waals surface area contributed by atoms with Crippen LogP contribution in [0.25, 0.3) is 0 Å². The Bertz CT molecular complexity index is 1410. The van der Waals surface area contributed by atoms with Crippen molar-refractivity contribution < 1.29 is 18.0 Å². The molecule has 3 aromatic carbocycles. The maximum Gasteiger partial charge on any atom is 0.264 e. The molecule has 0 aliphatic carbocycles. The number of carbonyl (C=O) groups excluding carboxylic acids is 2. The first-order chi connectivity index (χ1) is 18.5. The molecular weight excluding hydrogens is 581 g/mol. The number of amides is 2. The van der Waals surface area contributed by atoms with Crippen molar-refractivity contribution in [2.24, 2.45) is 0 Å². The van der Waals surface area contributed by atoms with Crippen molar-refractivity contribution in [2.75, 3.05) is 17.4 Å². The molecular formula is C28H30Cl3N3O4S. The highest BCUT2D eigenvalue weighted by Gasteiger charge is 2.34. The zero-order chi connectivity index (χ0) is 28.7. The van der Waals surface area contributed by atoms with Gasteiger partial charge in [0.1, 0.15) is 12.6 Å². The van der Waals surface area contributed by atoms with E-state index in [-0.39, 0.29) is 29.5 Å². The van der Waals surface area contributed by atoms with E-state index in [1.54, 1.807) is 62.4 Å². The van der Waals surface area contributed by atoms with E-state index in [0.29, 0.717) is 27.2 Å². The van der Waals surface area contributed by atoms with Gasteiger partial charge in [0, 0.05) is 33.7 Å². The number of aryl methyl sites for hydroxylation is 1. The first-order valence-corrected chi connectivity index (χ1v) is 14.9. The van der Waals surface area contributed by atoms with Crippen molar-refractivity contribution in [1.29, 1.82) is 0 Å². The molecule has 1 atom stereocenters. The number of sulfonamides is 1. The predicted molar refractivity (Wildman–Crippen MR) is 157 cm³/mol. The number of carbonyl (C=O) groups is 2. The second-order valence-corrected chi connectivity index (χ2v) is 12.0. The minimum Gasteiger partial charge on any atom is -0.355 e. The molecule has 0 fully saturated rings. The van der Waals surface area contributed by atoms with Crippen LogP contribution in [0.4, 0.5) is 5.69 Å². The van der Waals surface area contributed by atoms with E-state index >= 15 is 0 Å². The average Bonchev–Trinajstić information content (AvgIpc) is 2.89. The Hall–Kier alpha value is -2.78. The van der Waals surface area contributed by atoms with Gasteiger partial charge in [-0.2, -0.15) is 0 Å². The van der Waals surface area contributed by atoms with Gasteiger partial charge in [0.25, 0.3) is 10.0 Å². The van der Waals surface area contributed by atoms with Crippen LogP contribution in [0.15, 0.2) is 71.6 Å². The summed E-state index contributed by atoms with van der Waals surface area (Å²) in [5, 5.41) is 3.70. The highest BCUT2D eigenvalue weighted by Crippen LogP contribution is 2.29. The summed E-state index contributed by atoms with van der Waals surface area (Å²) in [5.74, 6) is -0.980. The molecule has 0 aliphatic heterocycles. The monoisotopic (exact) mass is 609 g/mol. The van der Waals surface area contributed by atoms with Gasteiger partial charge in [0.2, 0.25) is 11.8 Å². The molecule has 0 spiro atoms. The van der Waals surface area contributed by atoms with E-state index < -0.39 is 28.5 Å². The molecule has 0 aromatic heterocycles. The molecule has 0 saturated heterocycles. The van der Waals surface area contributed by atoms with Gasteiger partial charge in [-0.25, -0.2) is 8.42 Å². The Morgan fingerprint density at radius 1 is 0.923 bits per heavy atom. The third-order valence-corrected chi connectivity index (χ3v) is 8.84. The number of hydrogen-bond acceptors (Lipinski definition) is 4. The van der Waals surface area contributed by atoms with E-state index in [9.17, 15) is 18.0 Å². The molecule has 3 aromatic rings. The van der Waals surface area contributed by atoms with Crippen LogP contribution in [0, 0.1) is 6.92 Å². The third kappa shape index (κ3) is 7.45. The standard InChI is InChI=1S/C28H30Cl3N3O4S/c1-4-26(28(36)32-5-2)33(17-23-24(30)10-7-11-25(23)31)27(35)18-34(21-9-6-8-20(29)16-21)39(37,38)22-14-12-19(3)13-15-22/h6-16,26H,4-5,17-18H2,1-3H3,(H,32,36)/t26-/m0/s1. The molecule has 11 heteroatoms. The van der Waals surface area contributed by atoms with E-state index in [1.807, 2.05) is 6.92 Å². The van der Waals surface area contributed by atoms with Gasteiger partial charge in [0.05, 0.1) is 10.6 Å². The second kappa shape index (κ2) is 13.5. The second-order valence-electron chi connectivity index (χ2n) is 8.85. The molecule has 7 nitrogen and oxygen atoms in total. The summed E-state index contributed by atoms with van der Waals surface area (Å²) >= 11 is 19.0. The van der Waals surface area contributed by atoms with E-state index in [4.69, 9.17) is 34.8 Å². The fraction of sp³-hybridized carbons (Fsp3) is 0.286. The molecule has 0 aliphatic rings. The summed E-state index contributed by atoms with van der Waals surface area (Å²) in [7, 11) is -4.19. The molecule has 1 N–H and O–H groups in total. The zero-order valence-corrected chi connectivity index (χ0v) is 24.9. The number of likely N-dealkylation sites (N-methyl/N-ethyl adjacent to an activating group) is 1. The largest absolute Gasteiger partial charge is 0.355 e. The molecule has 0 bridgehead atoms. The van der Waals surface area contributed by atoms with Gasteiger partial charge >= 0.3 is 0 Å². The number of rotatable bonds is 11. The van der Waals surface area contributed by atoms with E-state index in [0.717, 1.165) is 9.87 Å². The fourth-order valence-corrected chi connectivity index (χ4v) is 6.17. The molecule has 3 rings (SSSR count). The van der Waals surface area contributed by atoms with Crippen molar-refractivity contribution in [3.8, 4) is 0 Å². The number of halogens is 3. The summed E-state index contributed by atoms with van der Waals surface area (Å²) in [5.41, 5.74) is 1.54. The first-order valence-electron chi connectivity index (χ1n) is 12.3. The van der Waals surface area contributed by atoms with Crippen LogP contribution in [0.5, 0.6) is 0 Å². The van der Waals surface area contributed by atoms with Crippen LogP contribution < -0.4 is 9.62 Å². The fourth-order valence-electron chi connectivity index (χ4n) is 4.06. The Morgan fingerprint density at radius 2 is 1.54 bits per heavy atom. The lowest BCUT2D eigenvalue weighted by molar-refractivity contribution is -0.140. The smallest absolute Gasteiger partial charge is 0.264 e. The van der Waals surface area contributed by atoms with Gasteiger partial charge in [-0.05, 0) is 62.7 Å². The van der Waals surface area contributed by atoms with Crippen LogP contribution in [0.3, 0.4) is 0 Å². The highest BCUT2D eigenvalue weighted by molar-refractivity contribution is 7.92. The van der Waals surface area contributed by atoms with Crippen LogP contribution in [-0.2, 0) is 26.2 Å². The normalized spacial score (nSPS) is 12.1. The molecule has 0 saturated carbocycles. The average molecular weight is 611 g/mol. The van der Waals surface area contributed by atoms with Crippen LogP contribution in [0.1, 0.15) is 31.4 Å². The van der Waals surface area contributed by atoms with Gasteiger partial charge in [0.15, 0.2) is 0 Å². The number of hydrogen-bond donors (Lipinski definition) is 1. The SMILES string of the molecule is CCNC(=O)[C@H](CC)N(Cc1c(Cl)cccc1Cl)C(=O)CN(c1cccc(Cl)c1)S(=O)(=O)c1ccc(C)cc1.